The summed E-state index contributed by atoms with van der Waals surface area (Å²) in [5.41, 5.74) is 3.54. The summed E-state index contributed by atoms with van der Waals surface area (Å²) in [6.45, 7) is 10.8. The molecule has 0 saturated carbocycles. The minimum Gasteiger partial charge on any atom is -0.577 e. The number of aliphatic imine (C=N–C) groups is 1. The topological polar surface area (TPSA) is 114 Å². The Hall–Kier alpha value is -4.23. The summed E-state index contributed by atoms with van der Waals surface area (Å²) in [6, 6.07) is 9.82. The third-order valence-corrected chi connectivity index (χ3v) is 8.11. The van der Waals surface area contributed by atoms with Crippen molar-refractivity contribution in [2.24, 2.45) is 16.8 Å². The van der Waals surface area contributed by atoms with E-state index in [0.29, 0.717) is 48.5 Å². The maximum atomic E-state index is 12.4. The van der Waals surface area contributed by atoms with E-state index >= 15 is 0 Å². The van der Waals surface area contributed by atoms with E-state index in [4.69, 9.17) is 21.5 Å². The van der Waals surface area contributed by atoms with Gasteiger partial charge in [-0.25, -0.2) is 22.5 Å². The van der Waals surface area contributed by atoms with E-state index in [1.54, 1.807) is 12.4 Å². The van der Waals surface area contributed by atoms with Crippen LogP contribution >= 0.6 is 0 Å². The van der Waals surface area contributed by atoms with Gasteiger partial charge < -0.3 is 35.0 Å². The van der Waals surface area contributed by atoms with Crippen molar-refractivity contribution in [2.75, 3.05) is 50.6 Å². The molecular weight excluding hydrogens is 573 g/mol. The Morgan fingerprint density at radius 2 is 2.15 bits per heavy atom. The number of carbonyl (C=O) groups excluding carboxylic acids is 1. The number of ether oxygens (including phenoxy) is 2. The maximum Gasteiger partial charge on any atom is 1.00 e. The molecule has 2 unspecified atom stereocenters. The largest absolute Gasteiger partial charge is 1.00 e. The van der Waals surface area contributed by atoms with Gasteiger partial charge in [-0.2, -0.15) is 6.08 Å². The van der Waals surface area contributed by atoms with Crippen molar-refractivity contribution in [3.8, 4) is 11.5 Å². The van der Waals surface area contributed by atoms with Crippen LogP contribution in [-0.4, -0.2) is 73.5 Å². The first-order valence-corrected chi connectivity index (χ1v) is 15.1. The molecule has 11 heteroatoms. The summed E-state index contributed by atoms with van der Waals surface area (Å²) in [5, 5.41) is 13.0. The monoisotopic (exact) mass is 611 g/mol. The first kappa shape index (κ1) is 34.6. The van der Waals surface area contributed by atoms with Gasteiger partial charge in [0.25, 0.3) is 0 Å². The zero-order valence-electron chi connectivity index (χ0n) is 26.9. The molecule has 1 saturated heterocycles. The molecule has 0 spiro atoms. The Bertz CT molecular complexity index is 1650. The maximum absolute atomic E-state index is 12.4. The van der Waals surface area contributed by atoms with Crippen molar-refractivity contribution in [2.45, 2.75) is 26.2 Å². The first-order valence-electron chi connectivity index (χ1n) is 15.1. The van der Waals surface area contributed by atoms with Crippen LogP contribution < -0.4 is 38.6 Å². The van der Waals surface area contributed by atoms with Crippen molar-refractivity contribution in [1.82, 2.24) is 14.9 Å². The van der Waals surface area contributed by atoms with Gasteiger partial charge in [0.05, 0.1) is 17.8 Å². The Morgan fingerprint density at radius 1 is 1.30 bits per heavy atom. The van der Waals surface area contributed by atoms with Crippen LogP contribution in [0.5, 0.6) is 11.5 Å². The van der Waals surface area contributed by atoms with Gasteiger partial charge >= 0.3 is 18.9 Å². The summed E-state index contributed by atoms with van der Waals surface area (Å²) in [4.78, 5) is 29.5. The average Bonchev–Trinajstić information content (AvgIpc) is 3.16. The number of ketones is 1. The Morgan fingerprint density at radius 3 is 2.91 bits per heavy atom. The van der Waals surface area contributed by atoms with Gasteiger partial charge in [0.1, 0.15) is 23.6 Å². The molecule has 2 atom stereocenters. The second kappa shape index (κ2) is 16.4. The molecular formula is C35H38LiN7O3-2. The zero-order chi connectivity index (χ0) is 31.8. The van der Waals surface area contributed by atoms with Crippen LogP contribution in [0.2, 0.25) is 0 Å². The summed E-state index contributed by atoms with van der Waals surface area (Å²) >= 11 is 0. The molecule has 2 bridgehead atoms. The smallest absolute Gasteiger partial charge is 0.577 e. The van der Waals surface area contributed by atoms with Gasteiger partial charge in [-0.3, -0.25) is 11.4 Å². The van der Waals surface area contributed by atoms with Crippen molar-refractivity contribution in [3.63, 3.8) is 0 Å². The number of benzene rings is 2. The first-order chi connectivity index (χ1) is 21.8. The molecule has 2 aromatic carbocycles. The van der Waals surface area contributed by atoms with Crippen molar-refractivity contribution in [3.05, 3.63) is 84.3 Å². The third kappa shape index (κ3) is 8.72. The van der Waals surface area contributed by atoms with Crippen LogP contribution in [0, 0.1) is 25.3 Å². The molecule has 46 heavy (non-hydrogen) atoms. The van der Waals surface area contributed by atoms with Gasteiger partial charge in [0, 0.05) is 54.9 Å². The Balaban J connectivity index is 0.00000480. The van der Waals surface area contributed by atoms with E-state index in [1.807, 2.05) is 56.3 Å². The SMILES string of the molecule is [CH-]=C/C(=C\[C-]=NC=[N-])Oc1ccc(Nc2ncnc3cc4c(cc23)N2CCC(CCC(=O)/C=C/CN(C)C)C(CO4)C2)cc1C.[Li+]. The number of aryl methyl sites for hydroxylation is 1. The number of aromatic nitrogens is 2. The number of fused-ring (bicyclic) bond motifs is 5. The Labute approximate surface area is 283 Å². The fraction of sp³-hybridized carbons (Fsp3) is 0.343. The zero-order valence-corrected chi connectivity index (χ0v) is 26.9. The molecule has 2 aliphatic rings. The molecule has 3 aromatic rings. The number of anilines is 3. The molecule has 5 rings (SSSR count). The number of hydrogen-bond donors (Lipinski definition) is 1. The molecule has 0 amide bonds. The molecule has 10 nitrogen and oxygen atoms in total. The Kier molecular flexibility index (Phi) is 12.3. The van der Waals surface area contributed by atoms with E-state index in [2.05, 4.69) is 37.5 Å². The van der Waals surface area contributed by atoms with Gasteiger partial charge in [-0.05, 0) is 75.7 Å². The number of nitrogens with one attached hydrogen (secondary N) is 1. The van der Waals surface area contributed by atoms with Crippen LogP contribution in [-0.2, 0) is 4.79 Å². The summed E-state index contributed by atoms with van der Waals surface area (Å²) < 4.78 is 12.2. The van der Waals surface area contributed by atoms with Gasteiger partial charge in [0.2, 0.25) is 0 Å². The number of nitrogens with zero attached hydrogens (tertiary/aromatic N) is 6. The van der Waals surface area contributed by atoms with Crippen molar-refractivity contribution < 1.29 is 33.1 Å². The summed E-state index contributed by atoms with van der Waals surface area (Å²) in [6.07, 6.45) is 13.5. The molecule has 0 aliphatic carbocycles. The van der Waals surface area contributed by atoms with E-state index in [0.717, 1.165) is 66.1 Å². The predicted octanol–water partition coefficient (Wildman–Crippen LogP) is 2.79. The van der Waals surface area contributed by atoms with Crippen LogP contribution in [0.3, 0.4) is 0 Å². The normalized spacial score (nSPS) is 17.7. The van der Waals surface area contributed by atoms with Crippen LogP contribution in [0.4, 0.5) is 17.2 Å². The molecule has 2 aliphatic heterocycles. The van der Waals surface area contributed by atoms with Gasteiger partial charge in [0.15, 0.2) is 5.78 Å². The number of hydrogen-bond acceptors (Lipinski definition) is 8. The van der Waals surface area contributed by atoms with Gasteiger partial charge in [-0.1, -0.05) is 6.08 Å². The van der Waals surface area contributed by atoms with Crippen LogP contribution in [0.15, 0.2) is 71.7 Å². The van der Waals surface area contributed by atoms with E-state index < -0.39 is 0 Å². The molecule has 1 N–H and O–H groups in total. The summed E-state index contributed by atoms with van der Waals surface area (Å²) in [7, 11) is 3.98. The van der Waals surface area contributed by atoms with Crippen LogP contribution in [0.25, 0.3) is 16.3 Å². The summed E-state index contributed by atoms with van der Waals surface area (Å²) in [5.74, 6) is 3.46. The van der Waals surface area contributed by atoms with E-state index in [1.165, 1.54) is 12.2 Å². The van der Waals surface area contributed by atoms with Gasteiger partial charge in [-0.15, -0.1) is 6.08 Å². The fourth-order valence-corrected chi connectivity index (χ4v) is 5.76. The molecule has 234 valence electrons. The standard InChI is InChI=1S/C35H38N7O3.Li/c1-5-29(12-14-37-22-36)45-33-11-9-27(17-24(33)2)40-35-30-18-32-34(19-31(30)38-23-39-35)44-21-26-20-42(32)16-13-25(26)8-10-28(43)7-6-15-41(3)4;/h1,5-7,9,11-12,17-19,22-23,25-26H,8,10,13,15-16,20-21H2,2-4H3,(H,38,39,40);/q-3;+1/b7-6+,29-12+;. The van der Waals surface area contributed by atoms with Crippen molar-refractivity contribution in [1.29, 1.82) is 0 Å². The van der Waals surface area contributed by atoms with E-state index in [9.17, 15) is 4.79 Å². The minimum atomic E-state index is 0. The quantitative estimate of drug-likeness (QED) is 0.0597. The molecule has 1 fully saturated rings. The number of piperidine rings is 1. The average molecular weight is 612 g/mol. The number of rotatable bonds is 13. The minimum absolute atomic E-state index is 0. The molecule has 0 radical (unpaired) electrons. The second-order valence-corrected chi connectivity index (χ2v) is 11.6. The second-order valence-electron chi connectivity index (χ2n) is 11.6. The van der Waals surface area contributed by atoms with Crippen molar-refractivity contribution >= 4 is 46.4 Å². The molecule has 3 heterocycles. The number of allylic oxidation sites excluding steroid dienone is 3. The number of likely N-dealkylation sites (N-methyl/N-ethyl adjacent to an activating group) is 1. The van der Waals surface area contributed by atoms with E-state index in [-0.39, 0.29) is 24.6 Å². The predicted molar refractivity (Wildman–Crippen MR) is 180 cm³/mol. The number of carbonyl (C=O) groups is 1. The third-order valence-electron chi connectivity index (χ3n) is 8.11. The van der Waals surface area contributed by atoms with Crippen LogP contribution in [0.1, 0.15) is 24.8 Å². The molecule has 1 aromatic heterocycles. The fourth-order valence-electron chi connectivity index (χ4n) is 5.76.